The van der Waals surface area contributed by atoms with Crippen LogP contribution in [-0.2, 0) is 0 Å². The monoisotopic (exact) mass is 372 g/mol. The molecule has 5 heteroatoms. The summed E-state index contributed by atoms with van der Waals surface area (Å²) >= 11 is 9.76. The van der Waals surface area contributed by atoms with Gasteiger partial charge in [-0.15, -0.1) is 0 Å². The van der Waals surface area contributed by atoms with Crippen LogP contribution in [0.15, 0.2) is 30.3 Å². The molecule has 0 aliphatic carbocycles. The van der Waals surface area contributed by atoms with Gasteiger partial charge in [-0.2, -0.15) is 0 Å². The second-order valence-corrected chi connectivity index (χ2v) is 5.92. The fourth-order valence-electron chi connectivity index (χ4n) is 2.14. The molecule has 0 saturated carbocycles. The van der Waals surface area contributed by atoms with Crippen molar-refractivity contribution in [2.24, 2.45) is 0 Å². The van der Waals surface area contributed by atoms with Crippen molar-refractivity contribution < 1.29 is 13.9 Å². The number of benzene rings is 2. The van der Waals surface area contributed by atoms with Crippen LogP contribution in [0.1, 0.15) is 21.5 Å². The molecule has 112 valence electrons. The molecule has 1 unspecified atom stereocenters. The summed E-state index contributed by atoms with van der Waals surface area (Å²) in [6.45, 7) is 1.98. The van der Waals surface area contributed by atoms with E-state index in [1.165, 1.54) is 12.1 Å². The highest BCUT2D eigenvalue weighted by Crippen LogP contribution is 2.41. The Morgan fingerprint density at radius 2 is 1.67 bits per heavy atom. The number of aryl methyl sites for hydroxylation is 1. The van der Waals surface area contributed by atoms with E-state index in [2.05, 4.69) is 15.9 Å². The van der Waals surface area contributed by atoms with Gasteiger partial charge < -0.3 is 9.47 Å². The predicted molar refractivity (Wildman–Crippen MR) is 86.5 cm³/mol. The second kappa shape index (κ2) is 6.67. The van der Waals surface area contributed by atoms with E-state index in [1.807, 2.05) is 19.1 Å². The third-order valence-electron chi connectivity index (χ3n) is 3.28. The van der Waals surface area contributed by atoms with Crippen molar-refractivity contribution in [3.8, 4) is 11.5 Å². The van der Waals surface area contributed by atoms with Crippen LogP contribution in [0.2, 0.25) is 5.02 Å². The fourth-order valence-corrected chi connectivity index (χ4v) is 3.44. The van der Waals surface area contributed by atoms with E-state index in [-0.39, 0.29) is 10.6 Å². The quantitative estimate of drug-likeness (QED) is 0.678. The minimum Gasteiger partial charge on any atom is -0.493 e. The summed E-state index contributed by atoms with van der Waals surface area (Å²) in [6, 6.07) is 8.17. The van der Waals surface area contributed by atoms with Crippen molar-refractivity contribution in [2.75, 3.05) is 14.2 Å². The van der Waals surface area contributed by atoms with Crippen LogP contribution in [0, 0.1) is 12.7 Å². The number of hydrogen-bond donors (Lipinski definition) is 0. The van der Waals surface area contributed by atoms with E-state index in [4.69, 9.17) is 21.1 Å². The van der Waals surface area contributed by atoms with Gasteiger partial charge in [-0.1, -0.05) is 33.6 Å². The highest BCUT2D eigenvalue weighted by molar-refractivity contribution is 9.09. The Hall–Kier alpha value is -1.26. The molecule has 2 rings (SSSR count). The van der Waals surface area contributed by atoms with E-state index in [0.717, 1.165) is 16.7 Å². The smallest absolute Gasteiger partial charge is 0.161 e. The SMILES string of the molecule is COc1cc(C)c(C(Br)c2ccc(F)cc2Cl)cc1OC. The van der Waals surface area contributed by atoms with E-state index in [0.29, 0.717) is 16.5 Å². The van der Waals surface area contributed by atoms with Gasteiger partial charge in [0.2, 0.25) is 0 Å². The van der Waals surface area contributed by atoms with Crippen LogP contribution in [-0.4, -0.2) is 14.2 Å². The van der Waals surface area contributed by atoms with Crippen LogP contribution in [0.4, 0.5) is 4.39 Å². The topological polar surface area (TPSA) is 18.5 Å². The summed E-state index contributed by atoms with van der Waals surface area (Å²) in [5.74, 6) is 0.955. The van der Waals surface area contributed by atoms with Gasteiger partial charge in [-0.25, -0.2) is 4.39 Å². The average Bonchev–Trinajstić information content (AvgIpc) is 2.46. The minimum absolute atomic E-state index is 0.162. The number of methoxy groups -OCH3 is 2. The molecule has 0 aromatic heterocycles. The van der Waals surface area contributed by atoms with Gasteiger partial charge in [0.15, 0.2) is 11.5 Å². The summed E-state index contributed by atoms with van der Waals surface area (Å²) in [5.41, 5.74) is 2.81. The van der Waals surface area contributed by atoms with Gasteiger partial charge in [-0.3, -0.25) is 0 Å². The summed E-state index contributed by atoms with van der Waals surface area (Å²) in [5, 5.41) is 0.381. The van der Waals surface area contributed by atoms with Crippen molar-refractivity contribution in [3.63, 3.8) is 0 Å². The number of alkyl halides is 1. The molecule has 0 spiro atoms. The molecular weight excluding hydrogens is 359 g/mol. The first-order valence-corrected chi connectivity index (χ1v) is 7.58. The first-order chi connectivity index (χ1) is 9.97. The van der Waals surface area contributed by atoms with Crippen molar-refractivity contribution in [1.29, 1.82) is 0 Å². The average molecular weight is 374 g/mol. The maximum absolute atomic E-state index is 13.2. The molecule has 0 amide bonds. The van der Waals surface area contributed by atoms with Crippen LogP contribution >= 0.6 is 27.5 Å². The van der Waals surface area contributed by atoms with Crippen LogP contribution in [0.5, 0.6) is 11.5 Å². The van der Waals surface area contributed by atoms with Crippen LogP contribution in [0.3, 0.4) is 0 Å². The second-order valence-electron chi connectivity index (χ2n) is 4.59. The maximum atomic E-state index is 13.2. The third-order valence-corrected chi connectivity index (χ3v) is 4.59. The highest BCUT2D eigenvalue weighted by Gasteiger charge is 2.19. The fraction of sp³-hybridized carbons (Fsp3) is 0.250. The van der Waals surface area contributed by atoms with Crippen LogP contribution < -0.4 is 9.47 Å². The largest absolute Gasteiger partial charge is 0.493 e. The van der Waals surface area contributed by atoms with E-state index in [1.54, 1.807) is 20.3 Å². The zero-order chi connectivity index (χ0) is 15.6. The predicted octanol–water partition coefficient (Wildman–Crippen LogP) is 5.29. The third kappa shape index (κ3) is 3.33. The van der Waals surface area contributed by atoms with Crippen molar-refractivity contribution >= 4 is 27.5 Å². The molecule has 0 saturated heterocycles. The van der Waals surface area contributed by atoms with Crippen molar-refractivity contribution in [1.82, 2.24) is 0 Å². The molecule has 0 N–H and O–H groups in total. The molecule has 0 fully saturated rings. The lowest BCUT2D eigenvalue weighted by atomic mass is 9.99. The lowest BCUT2D eigenvalue weighted by Gasteiger charge is -2.18. The molecule has 0 aliphatic rings. The Balaban J connectivity index is 2.50. The van der Waals surface area contributed by atoms with Gasteiger partial charge in [0.05, 0.1) is 19.0 Å². The first kappa shape index (κ1) is 16.1. The standard InChI is InChI=1S/C16H15BrClFO2/c1-9-6-14(20-2)15(21-3)8-12(9)16(17)11-5-4-10(19)7-13(11)18/h4-8,16H,1-3H3. The van der Waals surface area contributed by atoms with E-state index < -0.39 is 0 Å². The molecule has 2 nitrogen and oxygen atoms in total. The number of halogens is 3. The van der Waals surface area contributed by atoms with Gasteiger partial charge in [0.1, 0.15) is 5.82 Å². The van der Waals surface area contributed by atoms with Gasteiger partial charge >= 0.3 is 0 Å². The molecule has 1 atom stereocenters. The molecule has 0 aliphatic heterocycles. The van der Waals surface area contributed by atoms with E-state index in [9.17, 15) is 4.39 Å². The molecule has 0 radical (unpaired) electrons. The zero-order valence-electron chi connectivity index (χ0n) is 11.9. The van der Waals surface area contributed by atoms with Crippen LogP contribution in [0.25, 0.3) is 0 Å². The highest BCUT2D eigenvalue weighted by atomic mass is 79.9. The zero-order valence-corrected chi connectivity index (χ0v) is 14.3. The maximum Gasteiger partial charge on any atom is 0.161 e. The molecule has 21 heavy (non-hydrogen) atoms. The molecular formula is C16H15BrClFO2. The Labute approximate surface area is 137 Å². The Morgan fingerprint density at radius 3 is 2.24 bits per heavy atom. The van der Waals surface area contributed by atoms with Gasteiger partial charge in [0.25, 0.3) is 0 Å². The minimum atomic E-state index is -0.354. The number of ether oxygens (including phenoxy) is 2. The van der Waals surface area contributed by atoms with Gasteiger partial charge in [0, 0.05) is 5.02 Å². The summed E-state index contributed by atoms with van der Waals surface area (Å²) in [7, 11) is 3.19. The Morgan fingerprint density at radius 1 is 1.05 bits per heavy atom. The number of rotatable bonds is 4. The summed E-state index contributed by atoms with van der Waals surface area (Å²) in [6.07, 6.45) is 0. The molecule has 2 aromatic carbocycles. The van der Waals surface area contributed by atoms with Crippen molar-refractivity contribution in [2.45, 2.75) is 11.8 Å². The van der Waals surface area contributed by atoms with Crippen molar-refractivity contribution in [3.05, 3.63) is 57.9 Å². The normalized spacial score (nSPS) is 12.1. The summed E-state index contributed by atoms with van der Waals surface area (Å²) in [4.78, 5) is -0.162. The lowest BCUT2D eigenvalue weighted by molar-refractivity contribution is 0.354. The number of hydrogen-bond acceptors (Lipinski definition) is 2. The van der Waals surface area contributed by atoms with E-state index >= 15 is 0 Å². The Bertz CT molecular complexity index is 661. The molecule has 0 heterocycles. The Kier molecular flexibility index (Phi) is 5.12. The lowest BCUT2D eigenvalue weighted by Crippen LogP contribution is -2.00. The first-order valence-electron chi connectivity index (χ1n) is 6.29. The molecule has 2 aromatic rings. The summed E-state index contributed by atoms with van der Waals surface area (Å²) < 4.78 is 23.8. The molecule has 0 bridgehead atoms. The van der Waals surface area contributed by atoms with Gasteiger partial charge in [-0.05, 0) is 47.9 Å².